The van der Waals surface area contributed by atoms with E-state index in [1.54, 1.807) is 30.1 Å². The van der Waals surface area contributed by atoms with Crippen molar-refractivity contribution in [1.82, 2.24) is 5.32 Å². The molecule has 0 radical (unpaired) electrons. The maximum absolute atomic E-state index is 13.0. The minimum atomic E-state index is -0.491. The molecule has 2 aromatic carbocycles. The van der Waals surface area contributed by atoms with Gasteiger partial charge in [-0.2, -0.15) is 0 Å². The van der Waals surface area contributed by atoms with Crippen LogP contribution in [0.3, 0.4) is 0 Å². The van der Waals surface area contributed by atoms with Crippen LogP contribution in [0, 0.1) is 0 Å². The van der Waals surface area contributed by atoms with Crippen LogP contribution in [0.25, 0.3) is 0 Å². The van der Waals surface area contributed by atoms with Gasteiger partial charge in [-0.25, -0.2) is 4.79 Å². The number of methoxy groups -OCH3 is 1. The Morgan fingerprint density at radius 3 is 2.50 bits per heavy atom. The molecule has 0 aromatic heterocycles. The zero-order valence-electron chi connectivity index (χ0n) is 20.8. The minimum Gasteiger partial charge on any atom is -0.495 e. The summed E-state index contributed by atoms with van der Waals surface area (Å²) in [6.45, 7) is 7.07. The summed E-state index contributed by atoms with van der Waals surface area (Å²) >= 11 is 0. The molecule has 186 valence electrons. The van der Waals surface area contributed by atoms with Crippen molar-refractivity contribution in [3.8, 4) is 5.75 Å². The largest absolute Gasteiger partial charge is 0.495 e. The van der Waals surface area contributed by atoms with Gasteiger partial charge in [0.05, 0.1) is 19.4 Å². The number of nitrogens with zero attached hydrogens (tertiary/aromatic N) is 1. The Morgan fingerprint density at radius 1 is 1.06 bits per heavy atom. The van der Waals surface area contributed by atoms with Gasteiger partial charge in [-0.05, 0) is 64.3 Å². The molecule has 0 atom stereocenters. The SMILES string of the molecule is COc1cc(C(=O)N(C)c2ccccc2COCCCCCNC(=O)OC(C)(C)C)ccc1N. The lowest BCUT2D eigenvalue weighted by atomic mass is 10.1. The van der Waals surface area contributed by atoms with Gasteiger partial charge in [0.25, 0.3) is 5.91 Å². The number of rotatable bonds is 11. The van der Waals surface area contributed by atoms with E-state index >= 15 is 0 Å². The van der Waals surface area contributed by atoms with Crippen molar-refractivity contribution < 1.29 is 23.8 Å². The number of alkyl carbamates (subject to hydrolysis) is 1. The fourth-order valence-electron chi connectivity index (χ4n) is 3.30. The van der Waals surface area contributed by atoms with Crippen LogP contribution in [0.2, 0.25) is 0 Å². The molecule has 0 aliphatic rings. The third kappa shape index (κ3) is 8.59. The van der Waals surface area contributed by atoms with E-state index < -0.39 is 11.7 Å². The number of carbonyl (C=O) groups is 2. The number of unbranched alkanes of at least 4 members (excludes halogenated alkanes) is 2. The molecule has 0 saturated carbocycles. The first-order valence-electron chi connectivity index (χ1n) is 11.5. The highest BCUT2D eigenvalue weighted by molar-refractivity contribution is 6.06. The van der Waals surface area contributed by atoms with Gasteiger partial charge in [0.15, 0.2) is 0 Å². The van der Waals surface area contributed by atoms with Crippen molar-refractivity contribution in [1.29, 1.82) is 0 Å². The Labute approximate surface area is 202 Å². The Kier molecular flexibility index (Phi) is 10.2. The van der Waals surface area contributed by atoms with Crippen molar-refractivity contribution in [3.05, 3.63) is 53.6 Å². The summed E-state index contributed by atoms with van der Waals surface area (Å²) in [6.07, 6.45) is 2.26. The number of para-hydroxylation sites is 1. The second kappa shape index (κ2) is 12.8. The number of carbonyl (C=O) groups excluding carboxylic acids is 2. The quantitative estimate of drug-likeness (QED) is 0.362. The smallest absolute Gasteiger partial charge is 0.407 e. The van der Waals surface area contributed by atoms with Crippen LogP contribution in [-0.4, -0.2) is 44.9 Å². The van der Waals surface area contributed by atoms with E-state index in [0.717, 1.165) is 30.5 Å². The van der Waals surface area contributed by atoms with Gasteiger partial charge in [0.2, 0.25) is 0 Å². The average Bonchev–Trinajstić information content (AvgIpc) is 2.79. The number of hydrogen-bond donors (Lipinski definition) is 2. The molecule has 0 heterocycles. The molecule has 2 aromatic rings. The third-order valence-corrected chi connectivity index (χ3v) is 5.03. The number of hydrogen-bond acceptors (Lipinski definition) is 6. The van der Waals surface area contributed by atoms with Gasteiger partial charge in [-0.1, -0.05) is 18.2 Å². The summed E-state index contributed by atoms with van der Waals surface area (Å²) in [5.74, 6) is 0.306. The predicted molar refractivity (Wildman–Crippen MR) is 134 cm³/mol. The van der Waals surface area contributed by atoms with Crippen molar-refractivity contribution in [2.75, 3.05) is 37.9 Å². The average molecular weight is 472 g/mol. The zero-order valence-corrected chi connectivity index (χ0v) is 20.8. The highest BCUT2D eigenvalue weighted by Crippen LogP contribution is 2.26. The van der Waals surface area contributed by atoms with Gasteiger partial charge in [0.1, 0.15) is 11.4 Å². The van der Waals surface area contributed by atoms with Gasteiger partial charge in [0, 0.05) is 37.0 Å². The summed E-state index contributed by atoms with van der Waals surface area (Å²) in [6, 6.07) is 12.7. The maximum atomic E-state index is 13.0. The first-order chi connectivity index (χ1) is 16.1. The maximum Gasteiger partial charge on any atom is 0.407 e. The van der Waals surface area contributed by atoms with Gasteiger partial charge >= 0.3 is 6.09 Å². The number of nitrogens with two attached hydrogens (primary N) is 1. The molecule has 34 heavy (non-hydrogen) atoms. The van der Waals surface area contributed by atoms with Crippen LogP contribution in [0.5, 0.6) is 5.75 Å². The number of benzene rings is 2. The van der Waals surface area contributed by atoms with Crippen LogP contribution in [-0.2, 0) is 16.1 Å². The van der Waals surface area contributed by atoms with Gasteiger partial charge < -0.3 is 30.2 Å². The minimum absolute atomic E-state index is 0.164. The number of nitrogen functional groups attached to an aromatic ring is 1. The molecule has 0 saturated heterocycles. The number of anilines is 2. The molecule has 0 aliphatic carbocycles. The van der Waals surface area contributed by atoms with Gasteiger partial charge in [-0.3, -0.25) is 4.79 Å². The molecular formula is C26H37N3O5. The van der Waals surface area contributed by atoms with E-state index in [-0.39, 0.29) is 5.91 Å². The zero-order chi connectivity index (χ0) is 25.1. The van der Waals surface area contributed by atoms with Gasteiger partial charge in [-0.15, -0.1) is 0 Å². The second-order valence-corrected chi connectivity index (χ2v) is 8.99. The Hall–Kier alpha value is -3.26. The summed E-state index contributed by atoms with van der Waals surface area (Å²) < 4.78 is 16.3. The van der Waals surface area contributed by atoms with Crippen LogP contribution in [0.1, 0.15) is 56.0 Å². The molecule has 2 amide bonds. The second-order valence-electron chi connectivity index (χ2n) is 8.99. The van der Waals surface area contributed by atoms with Crippen molar-refractivity contribution in [2.45, 2.75) is 52.2 Å². The summed E-state index contributed by atoms with van der Waals surface area (Å²) in [7, 11) is 3.26. The van der Waals surface area contributed by atoms with E-state index in [4.69, 9.17) is 19.9 Å². The van der Waals surface area contributed by atoms with E-state index in [9.17, 15) is 9.59 Å². The van der Waals surface area contributed by atoms with E-state index in [0.29, 0.717) is 36.8 Å². The monoisotopic (exact) mass is 471 g/mol. The Balaban J connectivity index is 1.80. The lowest BCUT2D eigenvalue weighted by Crippen LogP contribution is -2.33. The van der Waals surface area contributed by atoms with E-state index in [2.05, 4.69) is 5.32 Å². The van der Waals surface area contributed by atoms with Crippen LogP contribution >= 0.6 is 0 Å². The first-order valence-corrected chi connectivity index (χ1v) is 11.5. The van der Waals surface area contributed by atoms with Crippen LogP contribution < -0.4 is 20.7 Å². The molecule has 2 rings (SSSR count). The predicted octanol–water partition coefficient (Wildman–Crippen LogP) is 4.77. The number of ether oxygens (including phenoxy) is 3. The fourth-order valence-corrected chi connectivity index (χ4v) is 3.30. The topological polar surface area (TPSA) is 103 Å². The summed E-state index contributed by atoms with van der Waals surface area (Å²) in [5, 5.41) is 2.76. The number of nitrogens with one attached hydrogen (secondary N) is 1. The van der Waals surface area contributed by atoms with Crippen molar-refractivity contribution >= 4 is 23.4 Å². The molecule has 0 unspecified atom stereocenters. The normalized spacial score (nSPS) is 11.1. The fraction of sp³-hybridized carbons (Fsp3) is 0.462. The highest BCUT2D eigenvalue weighted by atomic mass is 16.6. The first kappa shape index (κ1) is 27.0. The van der Waals surface area contributed by atoms with Crippen molar-refractivity contribution in [3.63, 3.8) is 0 Å². The van der Waals surface area contributed by atoms with Crippen molar-refractivity contribution in [2.24, 2.45) is 0 Å². The van der Waals surface area contributed by atoms with E-state index in [1.807, 2.05) is 45.0 Å². The van der Waals surface area contributed by atoms with E-state index in [1.165, 1.54) is 7.11 Å². The van der Waals surface area contributed by atoms with Crippen LogP contribution in [0.15, 0.2) is 42.5 Å². The standard InChI is InChI=1S/C26H37N3O5/c1-26(2,3)34-25(31)28-15-9-6-10-16-33-18-20-11-7-8-12-22(20)29(4)24(30)19-13-14-21(27)23(17-19)32-5/h7-8,11-14,17H,6,9-10,15-16,18,27H2,1-5H3,(H,28,31). The highest BCUT2D eigenvalue weighted by Gasteiger charge is 2.18. The Morgan fingerprint density at radius 2 is 1.79 bits per heavy atom. The number of amides is 2. The Bertz CT molecular complexity index is 956. The lowest BCUT2D eigenvalue weighted by Gasteiger charge is -2.21. The molecule has 3 N–H and O–H groups in total. The molecule has 0 spiro atoms. The molecule has 8 heteroatoms. The molecule has 0 fully saturated rings. The molecule has 8 nitrogen and oxygen atoms in total. The molecule has 0 bridgehead atoms. The lowest BCUT2D eigenvalue weighted by molar-refractivity contribution is 0.0526. The summed E-state index contributed by atoms with van der Waals surface area (Å²) in [4.78, 5) is 26.3. The molecular weight excluding hydrogens is 434 g/mol. The molecule has 0 aliphatic heterocycles. The summed E-state index contributed by atoms with van der Waals surface area (Å²) in [5.41, 5.74) is 8.05. The van der Waals surface area contributed by atoms with Crippen LogP contribution in [0.4, 0.5) is 16.2 Å². The third-order valence-electron chi connectivity index (χ3n) is 5.03.